The molecule has 0 spiro atoms. The summed E-state index contributed by atoms with van der Waals surface area (Å²) in [6, 6.07) is 11.4. The van der Waals surface area contributed by atoms with Gasteiger partial charge in [0, 0.05) is 11.3 Å². The third kappa shape index (κ3) is 3.50. The number of rotatable bonds is 5. The minimum Gasteiger partial charge on any atom is -0.488 e. The molecule has 2 aromatic carbocycles. The molecule has 0 saturated carbocycles. The Morgan fingerprint density at radius 3 is 2.43 bits per heavy atom. The second-order valence-electron chi connectivity index (χ2n) is 4.47. The largest absolute Gasteiger partial charge is 0.488 e. The van der Waals surface area contributed by atoms with Gasteiger partial charge in [-0.1, -0.05) is 12.1 Å². The van der Waals surface area contributed by atoms with E-state index in [-0.39, 0.29) is 12.2 Å². The topological polar surface area (TPSA) is 121 Å². The summed E-state index contributed by atoms with van der Waals surface area (Å²) in [5.74, 6) is -0.800. The van der Waals surface area contributed by atoms with Crippen molar-refractivity contribution in [2.75, 3.05) is 5.73 Å². The second kappa shape index (κ2) is 5.96. The molecule has 6 heteroatoms. The number of anilines is 1. The highest BCUT2D eigenvalue weighted by molar-refractivity contribution is 5.96. The smallest absolute Gasteiger partial charge is 0.252 e. The van der Waals surface area contributed by atoms with Crippen molar-refractivity contribution in [2.45, 2.75) is 6.61 Å². The first-order valence-corrected chi connectivity index (χ1v) is 6.18. The Bertz CT molecular complexity index is 698. The SMILES string of the molecule is NC(=O)c1cccc(COc2ccc(N)cc2C(N)=O)c1. The molecule has 2 rings (SSSR count). The van der Waals surface area contributed by atoms with Crippen LogP contribution in [0.4, 0.5) is 5.69 Å². The van der Waals surface area contributed by atoms with Gasteiger partial charge in [-0.3, -0.25) is 9.59 Å². The molecule has 0 aliphatic heterocycles. The van der Waals surface area contributed by atoms with Crippen LogP contribution in [0.5, 0.6) is 5.75 Å². The molecule has 0 unspecified atom stereocenters. The Balaban J connectivity index is 2.18. The summed E-state index contributed by atoms with van der Waals surface area (Å²) in [5.41, 5.74) is 17.9. The third-order valence-electron chi connectivity index (χ3n) is 2.87. The quantitative estimate of drug-likeness (QED) is 0.710. The number of primary amides is 2. The van der Waals surface area contributed by atoms with Crippen LogP contribution in [0.15, 0.2) is 42.5 Å². The Kier molecular flexibility index (Phi) is 4.08. The zero-order valence-electron chi connectivity index (χ0n) is 11.2. The van der Waals surface area contributed by atoms with Crippen molar-refractivity contribution < 1.29 is 14.3 Å². The Morgan fingerprint density at radius 1 is 1.00 bits per heavy atom. The van der Waals surface area contributed by atoms with E-state index >= 15 is 0 Å². The van der Waals surface area contributed by atoms with E-state index < -0.39 is 11.8 Å². The van der Waals surface area contributed by atoms with E-state index in [1.54, 1.807) is 36.4 Å². The number of nitrogen functional groups attached to an aromatic ring is 1. The Labute approximate surface area is 121 Å². The molecular weight excluding hydrogens is 270 g/mol. The van der Waals surface area contributed by atoms with Crippen LogP contribution < -0.4 is 21.9 Å². The van der Waals surface area contributed by atoms with E-state index in [0.29, 0.717) is 17.0 Å². The van der Waals surface area contributed by atoms with E-state index in [0.717, 1.165) is 5.56 Å². The van der Waals surface area contributed by atoms with E-state index in [9.17, 15) is 9.59 Å². The lowest BCUT2D eigenvalue weighted by Crippen LogP contribution is -2.14. The number of nitrogens with two attached hydrogens (primary N) is 3. The van der Waals surface area contributed by atoms with Crippen LogP contribution in [0.1, 0.15) is 26.3 Å². The predicted octanol–water partition coefficient (Wildman–Crippen LogP) is 1.05. The average Bonchev–Trinajstić information content (AvgIpc) is 2.46. The van der Waals surface area contributed by atoms with E-state index in [2.05, 4.69) is 0 Å². The van der Waals surface area contributed by atoms with Gasteiger partial charge in [0.2, 0.25) is 5.91 Å². The highest BCUT2D eigenvalue weighted by atomic mass is 16.5. The van der Waals surface area contributed by atoms with Gasteiger partial charge in [0.1, 0.15) is 12.4 Å². The summed E-state index contributed by atoms with van der Waals surface area (Å²) in [4.78, 5) is 22.5. The summed E-state index contributed by atoms with van der Waals surface area (Å²) >= 11 is 0. The maximum atomic E-state index is 11.4. The molecule has 0 aliphatic carbocycles. The molecule has 108 valence electrons. The van der Waals surface area contributed by atoms with Gasteiger partial charge in [-0.15, -0.1) is 0 Å². The zero-order chi connectivity index (χ0) is 15.4. The summed E-state index contributed by atoms with van der Waals surface area (Å²) in [7, 11) is 0. The van der Waals surface area contributed by atoms with Crippen LogP contribution in [0.3, 0.4) is 0 Å². The molecule has 0 heterocycles. The number of benzene rings is 2. The van der Waals surface area contributed by atoms with E-state index in [4.69, 9.17) is 21.9 Å². The highest BCUT2D eigenvalue weighted by Gasteiger charge is 2.10. The third-order valence-corrected chi connectivity index (χ3v) is 2.87. The lowest BCUT2D eigenvalue weighted by atomic mass is 10.1. The lowest BCUT2D eigenvalue weighted by Gasteiger charge is -2.10. The molecule has 0 aliphatic rings. The zero-order valence-corrected chi connectivity index (χ0v) is 11.2. The number of hydrogen-bond acceptors (Lipinski definition) is 4. The molecule has 0 bridgehead atoms. The summed E-state index contributed by atoms with van der Waals surface area (Å²) in [6.45, 7) is 0.172. The van der Waals surface area contributed by atoms with Crippen molar-refractivity contribution in [3.63, 3.8) is 0 Å². The van der Waals surface area contributed by atoms with Crippen molar-refractivity contribution in [3.05, 3.63) is 59.2 Å². The first-order chi connectivity index (χ1) is 9.97. The van der Waals surface area contributed by atoms with Gasteiger partial charge in [0.05, 0.1) is 5.56 Å². The number of hydrogen-bond donors (Lipinski definition) is 3. The molecule has 2 amide bonds. The fourth-order valence-electron chi connectivity index (χ4n) is 1.84. The molecular formula is C15H15N3O3. The standard InChI is InChI=1S/C15H15N3O3/c16-11-4-5-13(12(7-11)15(18)20)21-8-9-2-1-3-10(6-9)14(17)19/h1-7H,8,16H2,(H2,17,19)(H2,18,20). The summed E-state index contributed by atoms with van der Waals surface area (Å²) < 4.78 is 5.57. The molecule has 0 saturated heterocycles. The van der Waals surface area contributed by atoms with Crippen LogP contribution in [0, 0.1) is 0 Å². The van der Waals surface area contributed by atoms with Gasteiger partial charge in [-0.2, -0.15) is 0 Å². The van der Waals surface area contributed by atoms with Crippen molar-refractivity contribution in [1.29, 1.82) is 0 Å². The van der Waals surface area contributed by atoms with Gasteiger partial charge in [-0.05, 0) is 35.9 Å². The molecule has 0 fully saturated rings. The van der Waals surface area contributed by atoms with Gasteiger partial charge >= 0.3 is 0 Å². The first-order valence-electron chi connectivity index (χ1n) is 6.18. The monoisotopic (exact) mass is 285 g/mol. The maximum absolute atomic E-state index is 11.4. The number of ether oxygens (including phenoxy) is 1. The fourth-order valence-corrected chi connectivity index (χ4v) is 1.84. The van der Waals surface area contributed by atoms with Crippen LogP contribution >= 0.6 is 0 Å². The molecule has 0 atom stereocenters. The predicted molar refractivity (Wildman–Crippen MR) is 78.7 cm³/mol. The Hall–Kier alpha value is -3.02. The number of carbonyl (C=O) groups is 2. The summed E-state index contributed by atoms with van der Waals surface area (Å²) in [6.07, 6.45) is 0. The van der Waals surface area contributed by atoms with Crippen LogP contribution in [-0.2, 0) is 6.61 Å². The molecule has 0 radical (unpaired) electrons. The van der Waals surface area contributed by atoms with Gasteiger partial charge in [0.15, 0.2) is 0 Å². The lowest BCUT2D eigenvalue weighted by molar-refractivity contribution is 0.0990. The molecule has 6 N–H and O–H groups in total. The van der Waals surface area contributed by atoms with Crippen molar-refractivity contribution in [2.24, 2.45) is 11.5 Å². The highest BCUT2D eigenvalue weighted by Crippen LogP contribution is 2.22. The molecule has 2 aromatic rings. The summed E-state index contributed by atoms with van der Waals surface area (Å²) in [5, 5.41) is 0. The first kappa shape index (κ1) is 14.4. The second-order valence-corrected chi connectivity index (χ2v) is 4.47. The number of carbonyl (C=O) groups excluding carboxylic acids is 2. The fraction of sp³-hybridized carbons (Fsp3) is 0.0667. The number of amides is 2. The van der Waals surface area contributed by atoms with Gasteiger partial charge in [0.25, 0.3) is 5.91 Å². The van der Waals surface area contributed by atoms with Crippen LogP contribution in [0.2, 0.25) is 0 Å². The van der Waals surface area contributed by atoms with Crippen molar-refractivity contribution in [1.82, 2.24) is 0 Å². The van der Waals surface area contributed by atoms with Crippen LogP contribution in [0.25, 0.3) is 0 Å². The molecule has 6 nitrogen and oxygen atoms in total. The molecule has 0 aromatic heterocycles. The van der Waals surface area contributed by atoms with E-state index in [1.165, 1.54) is 6.07 Å². The van der Waals surface area contributed by atoms with Crippen LogP contribution in [-0.4, -0.2) is 11.8 Å². The normalized spacial score (nSPS) is 10.1. The molecule has 21 heavy (non-hydrogen) atoms. The van der Waals surface area contributed by atoms with E-state index in [1.807, 2.05) is 0 Å². The van der Waals surface area contributed by atoms with Gasteiger partial charge in [-0.25, -0.2) is 0 Å². The minimum atomic E-state index is -0.622. The van der Waals surface area contributed by atoms with Crippen molar-refractivity contribution >= 4 is 17.5 Å². The average molecular weight is 285 g/mol. The Morgan fingerprint density at radius 2 is 1.76 bits per heavy atom. The van der Waals surface area contributed by atoms with Crippen molar-refractivity contribution in [3.8, 4) is 5.75 Å². The van der Waals surface area contributed by atoms with Gasteiger partial charge < -0.3 is 21.9 Å². The maximum Gasteiger partial charge on any atom is 0.252 e. The minimum absolute atomic E-state index is 0.172.